The quantitative estimate of drug-likeness (QED) is 0.794. The van der Waals surface area contributed by atoms with E-state index in [1.807, 2.05) is 0 Å². The lowest BCUT2D eigenvalue weighted by Gasteiger charge is -2.25. The molecule has 0 saturated carbocycles. The number of para-hydroxylation sites is 1. The van der Waals surface area contributed by atoms with Crippen LogP contribution >= 0.6 is 0 Å². The number of nitrogens with zero attached hydrogens (tertiary/aromatic N) is 3. The molecule has 25 heavy (non-hydrogen) atoms. The van der Waals surface area contributed by atoms with Crippen LogP contribution in [-0.4, -0.2) is 26.7 Å². The first-order valence-corrected chi connectivity index (χ1v) is 8.44. The summed E-state index contributed by atoms with van der Waals surface area (Å²) in [7, 11) is 0. The average Bonchev–Trinajstić information content (AvgIpc) is 3.19. The third-order valence-corrected chi connectivity index (χ3v) is 4.55. The zero-order valence-corrected chi connectivity index (χ0v) is 14.1. The minimum absolute atomic E-state index is 0.0356. The molecule has 3 heterocycles. The van der Waals surface area contributed by atoms with Gasteiger partial charge in [0, 0.05) is 30.3 Å². The molecule has 130 valence electrons. The fraction of sp³-hybridized carbons (Fsp3) is 0.389. The maximum atomic E-state index is 13.7. The van der Waals surface area contributed by atoms with E-state index in [1.165, 1.54) is 6.07 Å². The van der Waals surface area contributed by atoms with Crippen molar-refractivity contribution in [2.45, 2.75) is 45.2 Å². The van der Waals surface area contributed by atoms with Crippen molar-refractivity contribution in [1.82, 2.24) is 20.1 Å². The number of carbonyl (C=O) groups excluding carboxylic acids is 1. The summed E-state index contributed by atoms with van der Waals surface area (Å²) < 4.78 is 21.2. The van der Waals surface area contributed by atoms with Crippen LogP contribution in [0.5, 0.6) is 0 Å². The van der Waals surface area contributed by atoms with Crippen LogP contribution in [0.4, 0.5) is 4.39 Å². The van der Waals surface area contributed by atoms with Gasteiger partial charge >= 0.3 is 0 Å². The van der Waals surface area contributed by atoms with Crippen LogP contribution in [0.1, 0.15) is 48.4 Å². The largest absolute Gasteiger partial charge is 0.448 e. The number of carbonyl (C=O) groups is 1. The van der Waals surface area contributed by atoms with Crippen molar-refractivity contribution in [3.05, 3.63) is 47.5 Å². The van der Waals surface area contributed by atoms with E-state index in [2.05, 4.69) is 33.9 Å². The van der Waals surface area contributed by atoms with E-state index >= 15 is 0 Å². The highest BCUT2D eigenvalue weighted by atomic mass is 19.1. The summed E-state index contributed by atoms with van der Waals surface area (Å²) in [6.07, 6.45) is 1.55. The van der Waals surface area contributed by atoms with E-state index in [1.54, 1.807) is 18.2 Å². The summed E-state index contributed by atoms with van der Waals surface area (Å²) >= 11 is 0. The Labute approximate surface area is 144 Å². The van der Waals surface area contributed by atoms with Gasteiger partial charge in [0.15, 0.2) is 17.2 Å². The zero-order chi connectivity index (χ0) is 17.6. The molecule has 0 radical (unpaired) electrons. The number of fused-ring (bicyclic) bond motifs is 2. The van der Waals surface area contributed by atoms with Crippen LogP contribution in [0, 0.1) is 5.82 Å². The molecule has 0 spiro atoms. The van der Waals surface area contributed by atoms with Crippen LogP contribution in [0.15, 0.2) is 28.7 Å². The van der Waals surface area contributed by atoms with Gasteiger partial charge in [0.2, 0.25) is 0 Å². The second kappa shape index (κ2) is 5.98. The molecule has 1 aliphatic heterocycles. The van der Waals surface area contributed by atoms with E-state index in [0.29, 0.717) is 11.9 Å². The smallest absolute Gasteiger partial charge is 0.287 e. The second-order valence-corrected chi connectivity index (χ2v) is 6.72. The molecule has 0 saturated heterocycles. The first-order chi connectivity index (χ1) is 12.0. The molecule has 0 aliphatic carbocycles. The van der Waals surface area contributed by atoms with E-state index in [4.69, 9.17) is 4.42 Å². The van der Waals surface area contributed by atoms with Crippen molar-refractivity contribution in [2.75, 3.05) is 0 Å². The number of aryl methyl sites for hydroxylation is 1. The minimum Gasteiger partial charge on any atom is -0.448 e. The summed E-state index contributed by atoms with van der Waals surface area (Å²) in [4.78, 5) is 12.5. The number of hydrogen-bond donors (Lipinski definition) is 1. The third kappa shape index (κ3) is 2.79. The van der Waals surface area contributed by atoms with Crippen molar-refractivity contribution in [3.63, 3.8) is 0 Å². The third-order valence-electron chi connectivity index (χ3n) is 4.55. The molecule has 1 atom stereocenters. The lowest BCUT2D eigenvalue weighted by Crippen LogP contribution is -2.41. The summed E-state index contributed by atoms with van der Waals surface area (Å²) in [5.74, 6) is 1.49. The van der Waals surface area contributed by atoms with Crippen LogP contribution in [0.3, 0.4) is 0 Å². The number of rotatable bonds is 3. The van der Waals surface area contributed by atoms with Gasteiger partial charge in [0.1, 0.15) is 11.6 Å². The molecule has 1 unspecified atom stereocenters. The van der Waals surface area contributed by atoms with Crippen molar-refractivity contribution in [1.29, 1.82) is 0 Å². The SMILES string of the molecule is CC(C)c1nnc2n1CC(NC(=O)c1cc3cccc(F)c3o1)CC2. The van der Waals surface area contributed by atoms with Gasteiger partial charge in [0.05, 0.1) is 0 Å². The highest BCUT2D eigenvalue weighted by Crippen LogP contribution is 2.23. The molecular formula is C18H19FN4O2. The number of benzene rings is 1. The second-order valence-electron chi connectivity index (χ2n) is 6.72. The Kier molecular flexibility index (Phi) is 3.78. The molecule has 0 fully saturated rings. The average molecular weight is 342 g/mol. The Balaban J connectivity index is 1.52. The first kappa shape index (κ1) is 15.8. The van der Waals surface area contributed by atoms with E-state index in [0.717, 1.165) is 24.5 Å². The molecular weight excluding hydrogens is 323 g/mol. The lowest BCUT2D eigenvalue weighted by molar-refractivity contribution is 0.0901. The molecule has 1 N–H and O–H groups in total. The van der Waals surface area contributed by atoms with Crippen molar-refractivity contribution < 1.29 is 13.6 Å². The van der Waals surface area contributed by atoms with E-state index in [-0.39, 0.29) is 29.2 Å². The van der Waals surface area contributed by atoms with Gasteiger partial charge in [-0.3, -0.25) is 4.79 Å². The number of nitrogens with one attached hydrogen (secondary N) is 1. The zero-order valence-electron chi connectivity index (χ0n) is 14.1. The fourth-order valence-electron chi connectivity index (χ4n) is 3.29. The van der Waals surface area contributed by atoms with Gasteiger partial charge in [-0.1, -0.05) is 26.0 Å². The van der Waals surface area contributed by atoms with Gasteiger partial charge < -0.3 is 14.3 Å². The van der Waals surface area contributed by atoms with Crippen LogP contribution in [-0.2, 0) is 13.0 Å². The Morgan fingerprint density at radius 1 is 1.40 bits per heavy atom. The standard InChI is InChI=1S/C18H19FN4O2/c1-10(2)17-22-21-15-7-6-12(9-23(15)17)20-18(24)14-8-11-4-3-5-13(19)16(11)25-14/h3-5,8,10,12H,6-7,9H2,1-2H3,(H,20,24). The lowest BCUT2D eigenvalue weighted by atomic mass is 10.1. The highest BCUT2D eigenvalue weighted by Gasteiger charge is 2.26. The number of hydrogen-bond acceptors (Lipinski definition) is 4. The topological polar surface area (TPSA) is 73.0 Å². The maximum Gasteiger partial charge on any atom is 0.287 e. The van der Waals surface area contributed by atoms with Gasteiger partial charge in [-0.25, -0.2) is 4.39 Å². The van der Waals surface area contributed by atoms with Gasteiger partial charge in [-0.2, -0.15) is 0 Å². The Morgan fingerprint density at radius 2 is 2.24 bits per heavy atom. The Morgan fingerprint density at radius 3 is 3.00 bits per heavy atom. The molecule has 3 aromatic rings. The van der Waals surface area contributed by atoms with E-state index < -0.39 is 5.82 Å². The Hall–Kier alpha value is -2.70. The normalized spacial score (nSPS) is 17.0. The predicted molar refractivity (Wildman–Crippen MR) is 89.9 cm³/mol. The summed E-state index contributed by atoms with van der Waals surface area (Å²) in [5.41, 5.74) is 0.111. The van der Waals surface area contributed by atoms with Gasteiger partial charge in [-0.05, 0) is 18.6 Å². The van der Waals surface area contributed by atoms with E-state index in [9.17, 15) is 9.18 Å². The molecule has 1 aromatic carbocycles. The van der Waals surface area contributed by atoms with Gasteiger partial charge in [-0.15, -0.1) is 10.2 Å². The summed E-state index contributed by atoms with van der Waals surface area (Å²) in [6.45, 7) is 4.78. The Bertz CT molecular complexity index is 944. The van der Waals surface area contributed by atoms with Crippen molar-refractivity contribution in [3.8, 4) is 0 Å². The summed E-state index contributed by atoms with van der Waals surface area (Å²) in [6, 6.07) is 6.16. The molecule has 0 bridgehead atoms. The molecule has 6 nitrogen and oxygen atoms in total. The first-order valence-electron chi connectivity index (χ1n) is 8.44. The van der Waals surface area contributed by atoms with Crippen molar-refractivity contribution >= 4 is 16.9 Å². The maximum absolute atomic E-state index is 13.7. The number of halogens is 1. The van der Waals surface area contributed by atoms with Crippen LogP contribution in [0.2, 0.25) is 0 Å². The molecule has 7 heteroatoms. The molecule has 1 amide bonds. The van der Waals surface area contributed by atoms with Crippen LogP contribution < -0.4 is 5.32 Å². The molecule has 2 aromatic heterocycles. The monoisotopic (exact) mass is 342 g/mol. The van der Waals surface area contributed by atoms with Gasteiger partial charge in [0.25, 0.3) is 5.91 Å². The summed E-state index contributed by atoms with van der Waals surface area (Å²) in [5, 5.41) is 12.0. The van der Waals surface area contributed by atoms with Crippen molar-refractivity contribution in [2.24, 2.45) is 0 Å². The fourth-order valence-corrected chi connectivity index (χ4v) is 3.29. The van der Waals surface area contributed by atoms with Crippen LogP contribution in [0.25, 0.3) is 11.0 Å². The predicted octanol–water partition coefficient (Wildman–Crippen LogP) is 3.03. The number of amides is 1. The highest BCUT2D eigenvalue weighted by molar-refractivity contribution is 5.96. The number of aromatic nitrogens is 3. The minimum atomic E-state index is -0.468. The molecule has 1 aliphatic rings. The number of furan rings is 1. The molecule has 4 rings (SSSR count).